The Labute approximate surface area is 128 Å². The molecule has 4 heteroatoms. The zero-order chi connectivity index (χ0) is 15.6. The average molecular weight is 293 g/mol. The Balaban J connectivity index is 1.93. The Morgan fingerprint density at radius 2 is 1.55 bits per heavy atom. The quantitative estimate of drug-likeness (QED) is 0.804. The Morgan fingerprint density at radius 1 is 0.909 bits per heavy atom. The molecule has 1 aromatic carbocycles. The standard InChI is InChI=1S/C18H16FN3/c1-18(20,15-8-10-21-11-9-15)17-7-4-14(12-22-17)13-2-5-16(19)6-3-13/h2-12H,20H2,1H3. The lowest BCUT2D eigenvalue weighted by Crippen LogP contribution is -2.35. The van der Waals surface area contributed by atoms with E-state index < -0.39 is 5.54 Å². The molecule has 2 N–H and O–H groups in total. The first kappa shape index (κ1) is 14.4. The molecule has 0 spiro atoms. The van der Waals surface area contributed by atoms with E-state index in [2.05, 4.69) is 9.97 Å². The van der Waals surface area contributed by atoms with Crippen LogP contribution in [0.25, 0.3) is 11.1 Å². The second kappa shape index (κ2) is 5.66. The van der Waals surface area contributed by atoms with Crippen LogP contribution in [0.15, 0.2) is 67.1 Å². The van der Waals surface area contributed by atoms with Crippen LogP contribution in [0.4, 0.5) is 4.39 Å². The van der Waals surface area contributed by atoms with Gasteiger partial charge in [0.15, 0.2) is 0 Å². The summed E-state index contributed by atoms with van der Waals surface area (Å²) in [6.45, 7) is 1.92. The third kappa shape index (κ3) is 2.73. The van der Waals surface area contributed by atoms with Crippen molar-refractivity contribution in [3.8, 4) is 11.1 Å². The fraction of sp³-hybridized carbons (Fsp3) is 0.111. The summed E-state index contributed by atoms with van der Waals surface area (Å²) in [7, 11) is 0. The molecule has 1 unspecified atom stereocenters. The lowest BCUT2D eigenvalue weighted by atomic mass is 9.89. The molecule has 110 valence electrons. The second-order valence-electron chi connectivity index (χ2n) is 5.38. The van der Waals surface area contributed by atoms with Gasteiger partial charge in [0, 0.05) is 24.2 Å². The molecule has 0 amide bonds. The Bertz CT molecular complexity index is 751. The van der Waals surface area contributed by atoms with Gasteiger partial charge in [-0.1, -0.05) is 18.2 Å². The fourth-order valence-corrected chi connectivity index (χ4v) is 2.36. The molecular formula is C18H16FN3. The predicted molar refractivity (Wildman–Crippen MR) is 84.5 cm³/mol. The van der Waals surface area contributed by atoms with E-state index in [9.17, 15) is 4.39 Å². The average Bonchev–Trinajstić information content (AvgIpc) is 2.56. The van der Waals surface area contributed by atoms with E-state index in [1.54, 1.807) is 30.7 Å². The molecule has 22 heavy (non-hydrogen) atoms. The molecule has 0 radical (unpaired) electrons. The van der Waals surface area contributed by atoms with Crippen LogP contribution >= 0.6 is 0 Å². The molecule has 3 nitrogen and oxygen atoms in total. The molecule has 2 heterocycles. The van der Waals surface area contributed by atoms with Crippen LogP contribution in [-0.2, 0) is 5.54 Å². The molecule has 0 aliphatic rings. The van der Waals surface area contributed by atoms with E-state index in [0.29, 0.717) is 0 Å². The van der Waals surface area contributed by atoms with E-state index in [1.165, 1.54) is 12.1 Å². The van der Waals surface area contributed by atoms with Crippen molar-refractivity contribution in [2.75, 3.05) is 0 Å². The van der Waals surface area contributed by atoms with Crippen molar-refractivity contribution in [1.82, 2.24) is 9.97 Å². The number of benzene rings is 1. The molecule has 0 aliphatic heterocycles. The summed E-state index contributed by atoms with van der Waals surface area (Å²) in [4.78, 5) is 8.49. The summed E-state index contributed by atoms with van der Waals surface area (Å²) in [5.74, 6) is -0.249. The van der Waals surface area contributed by atoms with Gasteiger partial charge >= 0.3 is 0 Å². The number of pyridine rings is 2. The molecule has 0 saturated carbocycles. The van der Waals surface area contributed by atoms with Crippen molar-refractivity contribution in [3.63, 3.8) is 0 Å². The highest BCUT2D eigenvalue weighted by Gasteiger charge is 2.25. The van der Waals surface area contributed by atoms with Crippen LogP contribution in [0, 0.1) is 5.82 Å². The van der Waals surface area contributed by atoms with Gasteiger partial charge in [-0.15, -0.1) is 0 Å². The van der Waals surface area contributed by atoms with Crippen molar-refractivity contribution < 1.29 is 4.39 Å². The van der Waals surface area contributed by atoms with E-state index >= 15 is 0 Å². The van der Waals surface area contributed by atoms with E-state index in [1.807, 2.05) is 31.2 Å². The first-order valence-corrected chi connectivity index (χ1v) is 6.99. The van der Waals surface area contributed by atoms with Crippen LogP contribution in [0.5, 0.6) is 0 Å². The number of rotatable bonds is 3. The molecule has 0 saturated heterocycles. The van der Waals surface area contributed by atoms with Crippen molar-refractivity contribution in [2.45, 2.75) is 12.5 Å². The molecule has 0 fully saturated rings. The first-order valence-electron chi connectivity index (χ1n) is 6.99. The SMILES string of the molecule is CC(N)(c1ccncc1)c1ccc(-c2ccc(F)cc2)cn1. The number of nitrogens with zero attached hydrogens (tertiary/aromatic N) is 2. The van der Waals surface area contributed by atoms with Gasteiger partial charge in [-0.05, 0) is 48.4 Å². The lowest BCUT2D eigenvalue weighted by Gasteiger charge is -2.24. The smallest absolute Gasteiger partial charge is 0.123 e. The normalized spacial score (nSPS) is 13.6. The Hall–Kier alpha value is -2.59. The largest absolute Gasteiger partial charge is 0.317 e. The van der Waals surface area contributed by atoms with Gasteiger partial charge in [0.1, 0.15) is 5.82 Å². The topological polar surface area (TPSA) is 51.8 Å². The highest BCUT2D eigenvalue weighted by atomic mass is 19.1. The van der Waals surface area contributed by atoms with Gasteiger partial charge in [0.25, 0.3) is 0 Å². The molecule has 3 aromatic rings. The summed E-state index contributed by atoms with van der Waals surface area (Å²) < 4.78 is 13.0. The third-order valence-corrected chi connectivity index (χ3v) is 3.75. The minimum absolute atomic E-state index is 0.249. The van der Waals surface area contributed by atoms with Crippen LogP contribution in [0.1, 0.15) is 18.2 Å². The molecule has 1 atom stereocenters. The fourth-order valence-electron chi connectivity index (χ4n) is 2.36. The Morgan fingerprint density at radius 3 is 2.14 bits per heavy atom. The van der Waals surface area contributed by atoms with Gasteiger partial charge < -0.3 is 5.73 Å². The third-order valence-electron chi connectivity index (χ3n) is 3.75. The second-order valence-corrected chi connectivity index (χ2v) is 5.38. The van der Waals surface area contributed by atoms with E-state index in [4.69, 9.17) is 5.73 Å². The van der Waals surface area contributed by atoms with Crippen LogP contribution in [0.2, 0.25) is 0 Å². The number of aromatic nitrogens is 2. The monoisotopic (exact) mass is 293 g/mol. The van der Waals surface area contributed by atoms with Crippen LogP contribution < -0.4 is 5.73 Å². The van der Waals surface area contributed by atoms with Crippen molar-refractivity contribution in [3.05, 3.63) is 84.2 Å². The van der Waals surface area contributed by atoms with Gasteiger partial charge in [-0.2, -0.15) is 0 Å². The molecule has 2 aromatic heterocycles. The summed E-state index contributed by atoms with van der Waals surface area (Å²) >= 11 is 0. The summed E-state index contributed by atoms with van der Waals surface area (Å²) in [6.07, 6.45) is 5.19. The summed E-state index contributed by atoms with van der Waals surface area (Å²) in [5.41, 5.74) is 9.30. The number of hydrogen-bond donors (Lipinski definition) is 1. The van der Waals surface area contributed by atoms with Crippen molar-refractivity contribution in [2.24, 2.45) is 5.73 Å². The maximum atomic E-state index is 13.0. The van der Waals surface area contributed by atoms with Gasteiger partial charge in [0.05, 0.1) is 11.2 Å². The number of hydrogen-bond acceptors (Lipinski definition) is 3. The maximum Gasteiger partial charge on any atom is 0.123 e. The first-order chi connectivity index (χ1) is 10.6. The number of halogens is 1. The Kier molecular flexibility index (Phi) is 3.69. The van der Waals surface area contributed by atoms with E-state index in [0.717, 1.165) is 22.4 Å². The highest BCUT2D eigenvalue weighted by Crippen LogP contribution is 2.26. The highest BCUT2D eigenvalue weighted by molar-refractivity contribution is 5.62. The minimum atomic E-state index is -0.690. The van der Waals surface area contributed by atoms with Crippen molar-refractivity contribution >= 4 is 0 Å². The maximum absolute atomic E-state index is 13.0. The number of nitrogens with two attached hydrogens (primary N) is 1. The zero-order valence-electron chi connectivity index (χ0n) is 12.2. The molecule has 0 bridgehead atoms. The minimum Gasteiger partial charge on any atom is -0.317 e. The van der Waals surface area contributed by atoms with Crippen LogP contribution in [-0.4, -0.2) is 9.97 Å². The molecule has 0 aliphatic carbocycles. The lowest BCUT2D eigenvalue weighted by molar-refractivity contribution is 0.581. The summed E-state index contributed by atoms with van der Waals surface area (Å²) in [5, 5.41) is 0. The van der Waals surface area contributed by atoms with Gasteiger partial charge in [-0.25, -0.2) is 4.39 Å². The van der Waals surface area contributed by atoms with Gasteiger partial charge in [-0.3, -0.25) is 9.97 Å². The predicted octanol–water partition coefficient (Wildman–Crippen LogP) is 3.50. The molecular weight excluding hydrogens is 277 g/mol. The van der Waals surface area contributed by atoms with Crippen molar-refractivity contribution in [1.29, 1.82) is 0 Å². The summed E-state index contributed by atoms with van der Waals surface area (Å²) in [6, 6.07) is 14.0. The zero-order valence-corrected chi connectivity index (χ0v) is 12.2. The molecule has 3 rings (SSSR count). The van der Waals surface area contributed by atoms with E-state index in [-0.39, 0.29) is 5.82 Å². The van der Waals surface area contributed by atoms with Crippen LogP contribution in [0.3, 0.4) is 0 Å². The van der Waals surface area contributed by atoms with Gasteiger partial charge in [0.2, 0.25) is 0 Å².